The second kappa shape index (κ2) is 4.74. The van der Waals surface area contributed by atoms with Crippen LogP contribution >= 0.6 is 0 Å². The van der Waals surface area contributed by atoms with Gasteiger partial charge in [-0.2, -0.15) is 0 Å². The van der Waals surface area contributed by atoms with Crippen LogP contribution in [-0.2, 0) is 22.0 Å². The SMILES string of the molecule is CC1=Cc2cc(C(C)(C)C)cc(C34CCCC3(C([NH])=O)CC4)c2C1. The topological polar surface area (TPSA) is 40.9 Å². The summed E-state index contributed by atoms with van der Waals surface area (Å²) < 4.78 is 0. The Morgan fingerprint density at radius 1 is 1.12 bits per heavy atom. The predicted octanol–water partition coefficient (Wildman–Crippen LogP) is 4.95. The van der Waals surface area contributed by atoms with E-state index in [0.29, 0.717) is 0 Å². The van der Waals surface area contributed by atoms with E-state index in [1.807, 2.05) is 0 Å². The predicted molar refractivity (Wildman–Crippen MR) is 97.8 cm³/mol. The molecule has 1 aromatic rings. The first kappa shape index (κ1) is 15.9. The van der Waals surface area contributed by atoms with E-state index in [0.717, 1.165) is 38.5 Å². The minimum absolute atomic E-state index is 0.0599. The van der Waals surface area contributed by atoms with Gasteiger partial charge in [0.2, 0.25) is 5.91 Å². The molecule has 1 radical (unpaired) electrons. The molecule has 4 rings (SSSR count). The Kier molecular flexibility index (Phi) is 3.15. The Morgan fingerprint density at radius 2 is 1.88 bits per heavy atom. The Hall–Kier alpha value is -1.57. The molecule has 1 N–H and O–H groups in total. The molecule has 1 aromatic carbocycles. The van der Waals surface area contributed by atoms with Crippen molar-refractivity contribution in [2.75, 3.05) is 0 Å². The molecule has 2 heteroatoms. The lowest BCUT2D eigenvalue weighted by Gasteiger charge is -2.55. The van der Waals surface area contributed by atoms with E-state index in [1.165, 1.54) is 27.8 Å². The highest BCUT2D eigenvalue weighted by molar-refractivity contribution is 5.85. The first-order valence-electron chi connectivity index (χ1n) is 9.31. The zero-order chi connectivity index (χ0) is 17.3. The summed E-state index contributed by atoms with van der Waals surface area (Å²) >= 11 is 0. The molecule has 127 valence electrons. The van der Waals surface area contributed by atoms with E-state index in [2.05, 4.69) is 45.9 Å². The zero-order valence-corrected chi connectivity index (χ0v) is 15.4. The molecule has 2 unspecified atom stereocenters. The van der Waals surface area contributed by atoms with Gasteiger partial charge in [0.1, 0.15) is 0 Å². The molecule has 3 aliphatic carbocycles. The second-order valence-electron chi connectivity index (χ2n) is 9.36. The summed E-state index contributed by atoms with van der Waals surface area (Å²) in [6.45, 7) is 9.00. The molecule has 0 saturated heterocycles. The molecule has 2 saturated carbocycles. The summed E-state index contributed by atoms with van der Waals surface area (Å²) in [5, 5.41) is 0. The van der Waals surface area contributed by atoms with Gasteiger partial charge in [-0.05, 0) is 66.7 Å². The van der Waals surface area contributed by atoms with Crippen molar-refractivity contribution in [1.82, 2.24) is 5.73 Å². The lowest BCUT2D eigenvalue weighted by atomic mass is 9.47. The monoisotopic (exact) mass is 322 g/mol. The number of allylic oxidation sites excluding steroid dienone is 1. The summed E-state index contributed by atoms with van der Waals surface area (Å²) in [7, 11) is 0. The molecule has 0 bridgehead atoms. The van der Waals surface area contributed by atoms with Gasteiger partial charge in [0.05, 0.1) is 5.41 Å². The summed E-state index contributed by atoms with van der Waals surface area (Å²) in [5.74, 6) is -0.316. The van der Waals surface area contributed by atoms with Crippen LogP contribution in [0.2, 0.25) is 0 Å². The smallest absolute Gasteiger partial charge is 0.245 e. The fraction of sp³-hybridized carbons (Fsp3) is 0.591. The molecule has 1 amide bonds. The number of fused-ring (bicyclic) bond motifs is 2. The minimum Gasteiger partial charge on any atom is -0.273 e. The van der Waals surface area contributed by atoms with Crippen molar-refractivity contribution in [2.24, 2.45) is 5.41 Å². The number of carbonyl (C=O) groups excluding carboxylic acids is 1. The quantitative estimate of drug-likeness (QED) is 0.759. The normalized spacial score (nSPS) is 31.2. The van der Waals surface area contributed by atoms with E-state index in [4.69, 9.17) is 5.73 Å². The average Bonchev–Trinajstić information content (AvgIpc) is 2.95. The van der Waals surface area contributed by atoms with Crippen LogP contribution in [0.1, 0.15) is 82.1 Å². The largest absolute Gasteiger partial charge is 0.273 e. The maximum Gasteiger partial charge on any atom is 0.245 e. The third kappa shape index (κ3) is 1.86. The van der Waals surface area contributed by atoms with E-state index in [9.17, 15) is 4.79 Å². The Bertz CT molecular complexity index is 767. The van der Waals surface area contributed by atoms with Crippen LogP contribution in [0, 0.1) is 5.41 Å². The molecule has 0 aromatic heterocycles. The van der Waals surface area contributed by atoms with Crippen molar-refractivity contribution in [3.63, 3.8) is 0 Å². The van der Waals surface area contributed by atoms with Crippen LogP contribution in [-0.4, -0.2) is 5.91 Å². The fourth-order valence-electron chi connectivity index (χ4n) is 5.60. The molecule has 2 nitrogen and oxygen atoms in total. The fourth-order valence-corrected chi connectivity index (χ4v) is 5.60. The van der Waals surface area contributed by atoms with Gasteiger partial charge in [-0.15, -0.1) is 0 Å². The highest BCUT2D eigenvalue weighted by Crippen LogP contribution is 2.68. The molecular weight excluding hydrogens is 294 g/mol. The number of hydrogen-bond acceptors (Lipinski definition) is 1. The lowest BCUT2D eigenvalue weighted by molar-refractivity contribution is -0.139. The van der Waals surface area contributed by atoms with Crippen LogP contribution in [0.5, 0.6) is 0 Å². The van der Waals surface area contributed by atoms with Crippen molar-refractivity contribution in [3.05, 3.63) is 40.0 Å². The van der Waals surface area contributed by atoms with Gasteiger partial charge in [0.15, 0.2) is 0 Å². The van der Waals surface area contributed by atoms with Gasteiger partial charge in [-0.25, -0.2) is 0 Å². The highest BCUT2D eigenvalue weighted by atomic mass is 16.1. The molecular formula is C22H28NO. The van der Waals surface area contributed by atoms with Gasteiger partial charge in [0.25, 0.3) is 0 Å². The number of nitrogens with one attached hydrogen (secondary N) is 1. The number of hydrogen-bond donors (Lipinski definition) is 0. The number of benzene rings is 1. The highest BCUT2D eigenvalue weighted by Gasteiger charge is 2.66. The third-order valence-corrected chi connectivity index (χ3v) is 7.06. The van der Waals surface area contributed by atoms with Crippen LogP contribution in [0.25, 0.3) is 6.08 Å². The Balaban J connectivity index is 1.94. The van der Waals surface area contributed by atoms with Gasteiger partial charge < -0.3 is 0 Å². The molecule has 0 aliphatic heterocycles. The minimum atomic E-state index is -0.395. The molecule has 3 aliphatic rings. The summed E-state index contributed by atoms with van der Waals surface area (Å²) in [6, 6.07) is 4.75. The van der Waals surface area contributed by atoms with Crippen LogP contribution in [0.4, 0.5) is 0 Å². The lowest BCUT2D eigenvalue weighted by Crippen LogP contribution is -2.56. The van der Waals surface area contributed by atoms with Crippen LogP contribution in [0.3, 0.4) is 0 Å². The molecule has 0 heterocycles. The summed E-state index contributed by atoms with van der Waals surface area (Å²) in [6.07, 6.45) is 8.41. The molecule has 24 heavy (non-hydrogen) atoms. The van der Waals surface area contributed by atoms with Gasteiger partial charge in [0, 0.05) is 5.41 Å². The van der Waals surface area contributed by atoms with E-state index >= 15 is 0 Å². The van der Waals surface area contributed by atoms with Gasteiger partial charge in [-0.1, -0.05) is 51.0 Å². The molecule has 2 atom stereocenters. The Labute approximate surface area is 145 Å². The van der Waals surface area contributed by atoms with Crippen LogP contribution < -0.4 is 5.73 Å². The average molecular weight is 322 g/mol. The van der Waals surface area contributed by atoms with E-state index in [-0.39, 0.29) is 16.7 Å². The maximum absolute atomic E-state index is 12.3. The molecule has 2 fully saturated rings. The van der Waals surface area contributed by atoms with E-state index in [1.54, 1.807) is 0 Å². The van der Waals surface area contributed by atoms with Crippen molar-refractivity contribution >= 4 is 12.0 Å². The standard InChI is InChI=1S/C22H28NO/c1-14-10-15-12-16(20(2,3)4)13-18(17(15)11-14)21-6-5-7-22(21,9-8-21)19(23)24/h10,12-13,23H,5-9,11H2,1-4H3. The first-order valence-corrected chi connectivity index (χ1v) is 9.31. The summed E-state index contributed by atoms with van der Waals surface area (Å²) in [4.78, 5) is 12.3. The Morgan fingerprint density at radius 3 is 2.46 bits per heavy atom. The maximum atomic E-state index is 12.3. The summed E-state index contributed by atoms with van der Waals surface area (Å²) in [5.41, 5.74) is 14.6. The van der Waals surface area contributed by atoms with Gasteiger partial charge in [-0.3, -0.25) is 10.5 Å². The number of rotatable bonds is 2. The van der Waals surface area contributed by atoms with Gasteiger partial charge >= 0.3 is 0 Å². The van der Waals surface area contributed by atoms with Crippen LogP contribution in [0.15, 0.2) is 17.7 Å². The number of carbonyl (C=O) groups is 1. The van der Waals surface area contributed by atoms with E-state index < -0.39 is 5.41 Å². The molecule has 0 spiro atoms. The van der Waals surface area contributed by atoms with Crippen molar-refractivity contribution in [1.29, 1.82) is 0 Å². The number of amides is 1. The zero-order valence-electron chi connectivity index (χ0n) is 15.4. The van der Waals surface area contributed by atoms with Crippen molar-refractivity contribution < 1.29 is 4.79 Å². The van der Waals surface area contributed by atoms with Crippen molar-refractivity contribution in [3.8, 4) is 0 Å². The van der Waals surface area contributed by atoms with Crippen molar-refractivity contribution in [2.45, 2.75) is 77.0 Å². The first-order chi connectivity index (χ1) is 11.2. The third-order valence-electron chi connectivity index (χ3n) is 7.06. The second-order valence-corrected chi connectivity index (χ2v) is 9.36.